The third-order valence-electron chi connectivity index (χ3n) is 4.76. The van der Waals surface area contributed by atoms with Gasteiger partial charge in [0.15, 0.2) is 5.76 Å². The van der Waals surface area contributed by atoms with Crippen molar-refractivity contribution in [1.82, 2.24) is 14.7 Å². The predicted molar refractivity (Wildman–Crippen MR) is 105 cm³/mol. The highest BCUT2D eigenvalue weighted by Gasteiger charge is 2.31. The number of hydrogen-bond acceptors (Lipinski definition) is 4. The molecule has 1 unspecified atom stereocenters. The molecule has 0 saturated carbocycles. The van der Waals surface area contributed by atoms with E-state index >= 15 is 0 Å². The van der Waals surface area contributed by atoms with Crippen LogP contribution in [-0.4, -0.2) is 47.3 Å². The van der Waals surface area contributed by atoms with Gasteiger partial charge in [-0.3, -0.25) is 14.4 Å². The number of nitrogens with one attached hydrogen (secondary N) is 1. The van der Waals surface area contributed by atoms with E-state index in [1.807, 2.05) is 29.1 Å². The van der Waals surface area contributed by atoms with Crippen LogP contribution in [0.15, 0.2) is 59.5 Å². The van der Waals surface area contributed by atoms with Gasteiger partial charge in [-0.2, -0.15) is 5.10 Å². The molecule has 0 aliphatic carbocycles. The Morgan fingerprint density at radius 3 is 2.79 bits per heavy atom. The lowest BCUT2D eigenvalue weighted by Crippen LogP contribution is -2.43. The highest BCUT2D eigenvalue weighted by Crippen LogP contribution is 2.38. The molecule has 3 heterocycles. The summed E-state index contributed by atoms with van der Waals surface area (Å²) in [6, 6.07) is 10.6. The topological polar surface area (TPSA) is 83.6 Å². The van der Waals surface area contributed by atoms with Gasteiger partial charge in [0, 0.05) is 44.3 Å². The molecule has 1 aromatic carbocycles. The smallest absolute Gasteiger partial charge is 0.323 e. The fourth-order valence-corrected chi connectivity index (χ4v) is 3.45. The van der Waals surface area contributed by atoms with Crippen LogP contribution in [0.5, 0.6) is 0 Å². The summed E-state index contributed by atoms with van der Waals surface area (Å²) < 4.78 is 7.03. The van der Waals surface area contributed by atoms with Crippen molar-refractivity contribution < 1.29 is 14.0 Å². The second kappa shape index (κ2) is 7.22. The van der Waals surface area contributed by atoms with Gasteiger partial charge in [-0.05, 0) is 42.8 Å². The van der Waals surface area contributed by atoms with Crippen molar-refractivity contribution in [3.05, 3.63) is 66.4 Å². The number of aromatic nitrogens is 2. The van der Waals surface area contributed by atoms with Gasteiger partial charge < -0.3 is 14.6 Å². The largest absolute Gasteiger partial charge is 0.459 e. The molecule has 8 heteroatoms. The maximum absolute atomic E-state index is 12.6. The number of rotatable bonds is 3. The number of amides is 3. The minimum absolute atomic E-state index is 0.0170. The van der Waals surface area contributed by atoms with Crippen LogP contribution in [0.25, 0.3) is 0 Å². The van der Waals surface area contributed by atoms with Crippen LogP contribution in [0.4, 0.5) is 16.2 Å². The summed E-state index contributed by atoms with van der Waals surface area (Å²) in [5.74, 6) is -0.0802. The van der Waals surface area contributed by atoms with Crippen molar-refractivity contribution in [1.29, 1.82) is 0 Å². The van der Waals surface area contributed by atoms with Crippen molar-refractivity contribution in [2.75, 3.05) is 30.9 Å². The monoisotopic (exact) mass is 379 g/mol. The lowest BCUT2D eigenvalue weighted by Gasteiger charge is -2.36. The molecular weight excluding hydrogens is 358 g/mol. The van der Waals surface area contributed by atoms with Gasteiger partial charge in [0.2, 0.25) is 0 Å². The Morgan fingerprint density at radius 2 is 2.11 bits per heavy atom. The van der Waals surface area contributed by atoms with Crippen LogP contribution in [0.3, 0.4) is 0 Å². The molecule has 0 saturated heterocycles. The van der Waals surface area contributed by atoms with Crippen molar-refractivity contribution in [3.63, 3.8) is 0 Å². The summed E-state index contributed by atoms with van der Waals surface area (Å²) in [7, 11) is 3.47. The minimum atomic E-state index is -0.322. The van der Waals surface area contributed by atoms with E-state index in [0.29, 0.717) is 12.2 Å². The summed E-state index contributed by atoms with van der Waals surface area (Å²) in [6.07, 6.45) is 5.83. The zero-order valence-electron chi connectivity index (χ0n) is 15.7. The Labute approximate surface area is 162 Å². The Kier molecular flexibility index (Phi) is 4.60. The summed E-state index contributed by atoms with van der Waals surface area (Å²) in [5.41, 5.74) is 2.39. The first-order valence-corrected chi connectivity index (χ1v) is 9.01. The van der Waals surface area contributed by atoms with Crippen LogP contribution < -0.4 is 10.2 Å². The molecule has 0 bridgehead atoms. The number of urea groups is 1. The lowest BCUT2D eigenvalue weighted by molar-refractivity contribution is 0.0996. The van der Waals surface area contributed by atoms with E-state index in [1.165, 1.54) is 6.26 Å². The summed E-state index contributed by atoms with van der Waals surface area (Å²) in [6.45, 7) is 0.590. The van der Waals surface area contributed by atoms with E-state index in [1.54, 1.807) is 48.3 Å². The molecule has 0 spiro atoms. The number of fused-ring (bicyclic) bond motifs is 1. The van der Waals surface area contributed by atoms with Gasteiger partial charge >= 0.3 is 6.03 Å². The highest BCUT2D eigenvalue weighted by molar-refractivity contribution is 6.02. The van der Waals surface area contributed by atoms with Crippen LogP contribution in [0.1, 0.15) is 28.6 Å². The Morgan fingerprint density at radius 1 is 1.25 bits per heavy atom. The van der Waals surface area contributed by atoms with Gasteiger partial charge in [-0.1, -0.05) is 0 Å². The molecule has 28 heavy (non-hydrogen) atoms. The van der Waals surface area contributed by atoms with Gasteiger partial charge in [0.1, 0.15) is 0 Å². The highest BCUT2D eigenvalue weighted by atomic mass is 16.3. The van der Waals surface area contributed by atoms with Gasteiger partial charge in [-0.25, -0.2) is 4.79 Å². The molecule has 1 atom stereocenters. The predicted octanol–water partition coefficient (Wildman–Crippen LogP) is 3.21. The molecule has 3 aromatic rings. The lowest BCUT2D eigenvalue weighted by atomic mass is 9.96. The number of anilines is 2. The first kappa shape index (κ1) is 17.8. The molecule has 2 aromatic heterocycles. The van der Waals surface area contributed by atoms with Gasteiger partial charge in [0.25, 0.3) is 5.91 Å². The average Bonchev–Trinajstić information content (AvgIpc) is 3.40. The summed E-state index contributed by atoms with van der Waals surface area (Å²) in [4.78, 5) is 28.3. The van der Waals surface area contributed by atoms with Gasteiger partial charge in [-0.15, -0.1) is 0 Å². The average molecular weight is 379 g/mol. The second-order valence-corrected chi connectivity index (χ2v) is 6.82. The second-order valence-electron chi connectivity index (χ2n) is 6.82. The molecule has 1 N–H and O–H groups in total. The van der Waals surface area contributed by atoms with Crippen LogP contribution in [0.2, 0.25) is 0 Å². The Bertz CT molecular complexity index is 979. The molecule has 144 valence electrons. The molecule has 0 fully saturated rings. The number of nitrogens with zero attached hydrogens (tertiary/aromatic N) is 4. The molecule has 1 aliphatic rings. The quantitative estimate of drug-likeness (QED) is 0.757. The number of benzene rings is 1. The third-order valence-corrected chi connectivity index (χ3v) is 4.76. The minimum Gasteiger partial charge on any atom is -0.459 e. The first-order valence-electron chi connectivity index (χ1n) is 9.01. The molecule has 3 amide bonds. The normalized spacial score (nSPS) is 15.8. The number of hydrogen-bond donors (Lipinski definition) is 1. The molecule has 0 radical (unpaired) electrons. The van der Waals surface area contributed by atoms with E-state index in [9.17, 15) is 9.59 Å². The van der Waals surface area contributed by atoms with E-state index in [2.05, 4.69) is 10.4 Å². The maximum Gasteiger partial charge on any atom is 0.323 e. The number of furan rings is 1. The molecular formula is C20H21N5O3. The zero-order valence-corrected chi connectivity index (χ0v) is 15.7. The summed E-state index contributed by atoms with van der Waals surface area (Å²) >= 11 is 0. The van der Waals surface area contributed by atoms with Crippen molar-refractivity contribution in [3.8, 4) is 0 Å². The zero-order chi connectivity index (χ0) is 19.7. The Balaban J connectivity index is 1.71. The van der Waals surface area contributed by atoms with Crippen LogP contribution >= 0.6 is 0 Å². The molecule has 1 aliphatic heterocycles. The van der Waals surface area contributed by atoms with E-state index in [0.717, 1.165) is 17.7 Å². The third kappa shape index (κ3) is 3.24. The van der Waals surface area contributed by atoms with Crippen LogP contribution in [0, 0.1) is 0 Å². The van der Waals surface area contributed by atoms with E-state index in [4.69, 9.17) is 4.42 Å². The number of carbonyl (C=O) groups excluding carboxylic acids is 2. The summed E-state index contributed by atoms with van der Waals surface area (Å²) in [5, 5.41) is 7.23. The van der Waals surface area contributed by atoms with Crippen LogP contribution in [-0.2, 0) is 0 Å². The Hall–Kier alpha value is -3.55. The fraction of sp³-hybridized carbons (Fsp3) is 0.250. The standard InChI is InChI=1S/C20H21N5O3/c1-23(2)20(27)24-11-8-17(25-10-4-9-21-25)15-13-14(6-7-16(15)24)22-19(26)18-5-3-12-28-18/h3-7,9-10,12-13,17H,8,11H2,1-2H3,(H,22,26). The SMILES string of the molecule is CN(C)C(=O)N1CCC(n2cccn2)c2cc(NC(=O)c3ccco3)ccc21. The van der Waals surface area contributed by atoms with Crippen molar-refractivity contribution in [2.24, 2.45) is 0 Å². The first-order chi connectivity index (χ1) is 13.5. The van der Waals surface area contributed by atoms with E-state index in [-0.39, 0.29) is 23.7 Å². The van der Waals surface area contributed by atoms with Gasteiger partial charge in [0.05, 0.1) is 18.0 Å². The molecule has 4 rings (SSSR count). The van der Waals surface area contributed by atoms with Crippen molar-refractivity contribution >= 4 is 23.3 Å². The molecule has 8 nitrogen and oxygen atoms in total. The maximum atomic E-state index is 12.6. The fourth-order valence-electron chi connectivity index (χ4n) is 3.45. The number of carbonyl (C=O) groups is 2. The van der Waals surface area contributed by atoms with Crippen molar-refractivity contribution in [2.45, 2.75) is 12.5 Å². The van der Waals surface area contributed by atoms with E-state index < -0.39 is 0 Å².